The van der Waals surface area contributed by atoms with E-state index in [0.717, 1.165) is 25.5 Å². The van der Waals surface area contributed by atoms with E-state index in [1.807, 2.05) is 18.8 Å². The lowest BCUT2D eigenvalue weighted by Gasteiger charge is -2.61. The Balaban J connectivity index is 1.73. The predicted molar refractivity (Wildman–Crippen MR) is 92.2 cm³/mol. The largest absolute Gasteiger partial charge is 0.378 e. The van der Waals surface area contributed by atoms with Gasteiger partial charge in [0.05, 0.1) is 6.10 Å². The maximum atomic E-state index is 5.90. The molecule has 0 aromatic carbocycles. The van der Waals surface area contributed by atoms with E-state index in [0.29, 0.717) is 17.6 Å². The summed E-state index contributed by atoms with van der Waals surface area (Å²) < 4.78 is 5.90. The number of aliphatic imine (C=N–C) groups is 1. The Hall–Kier alpha value is -0.420. The lowest BCUT2D eigenvalue weighted by atomic mass is 9.51. The molecule has 122 valence electrons. The van der Waals surface area contributed by atoms with Crippen molar-refractivity contribution in [1.29, 1.82) is 0 Å². The van der Waals surface area contributed by atoms with Crippen molar-refractivity contribution in [3.8, 4) is 0 Å². The lowest BCUT2D eigenvalue weighted by Crippen LogP contribution is -2.68. The van der Waals surface area contributed by atoms with Crippen LogP contribution in [0, 0.1) is 5.41 Å². The van der Waals surface area contributed by atoms with E-state index >= 15 is 0 Å². The Morgan fingerprint density at radius 2 is 2.19 bits per heavy atom. The fourth-order valence-corrected chi connectivity index (χ4v) is 4.07. The van der Waals surface area contributed by atoms with Crippen LogP contribution in [0.5, 0.6) is 0 Å². The number of nitrogens with zero attached hydrogens (tertiary/aromatic N) is 1. The van der Waals surface area contributed by atoms with E-state index in [2.05, 4.69) is 28.8 Å². The second-order valence-corrected chi connectivity index (χ2v) is 7.15. The highest BCUT2D eigenvalue weighted by molar-refractivity contribution is 7.98. The van der Waals surface area contributed by atoms with Crippen LogP contribution in [-0.2, 0) is 4.74 Å². The summed E-state index contributed by atoms with van der Waals surface area (Å²) in [6, 6.07) is 0.542. The molecule has 0 aliphatic heterocycles. The van der Waals surface area contributed by atoms with Crippen molar-refractivity contribution >= 4 is 17.7 Å². The van der Waals surface area contributed by atoms with Gasteiger partial charge in [-0.2, -0.15) is 11.8 Å². The number of ether oxygens (including phenoxy) is 1. The van der Waals surface area contributed by atoms with Crippen LogP contribution in [0.25, 0.3) is 0 Å². The highest BCUT2D eigenvalue weighted by Gasteiger charge is 2.59. The fourth-order valence-electron chi connectivity index (χ4n) is 3.58. The summed E-state index contributed by atoms with van der Waals surface area (Å²) in [6.45, 7) is 3.94. The minimum Gasteiger partial charge on any atom is -0.378 e. The number of thioether (sulfide) groups is 1. The van der Waals surface area contributed by atoms with Crippen LogP contribution in [0.4, 0.5) is 0 Å². The zero-order valence-electron chi connectivity index (χ0n) is 13.8. The summed E-state index contributed by atoms with van der Waals surface area (Å²) in [7, 11) is 1.86. The standard InChI is InChI=1S/C16H31N3OS/c1-4-20-14-12-13(16(14)8-7-9-16)19-15(17-2)18-10-5-6-11-21-3/h13-14H,4-12H2,1-3H3,(H2,17,18,19). The highest BCUT2D eigenvalue weighted by Crippen LogP contribution is 2.57. The fraction of sp³-hybridized carbons (Fsp3) is 0.938. The lowest BCUT2D eigenvalue weighted by molar-refractivity contribution is -0.168. The van der Waals surface area contributed by atoms with Gasteiger partial charge in [-0.3, -0.25) is 4.99 Å². The molecule has 5 heteroatoms. The summed E-state index contributed by atoms with van der Waals surface area (Å²) in [6.07, 6.45) is 10.2. The Morgan fingerprint density at radius 1 is 1.38 bits per heavy atom. The molecule has 0 radical (unpaired) electrons. The van der Waals surface area contributed by atoms with Gasteiger partial charge in [0.2, 0.25) is 0 Å². The third-order valence-corrected chi connectivity index (χ3v) is 5.74. The Kier molecular flexibility index (Phi) is 6.68. The molecule has 0 heterocycles. The third-order valence-electron chi connectivity index (χ3n) is 5.04. The van der Waals surface area contributed by atoms with Crippen molar-refractivity contribution in [3.63, 3.8) is 0 Å². The van der Waals surface area contributed by atoms with Gasteiger partial charge < -0.3 is 15.4 Å². The molecule has 0 aromatic heterocycles. The average molecular weight is 314 g/mol. The summed E-state index contributed by atoms with van der Waals surface area (Å²) in [5.41, 5.74) is 0.395. The van der Waals surface area contributed by atoms with Gasteiger partial charge in [-0.15, -0.1) is 0 Å². The van der Waals surface area contributed by atoms with Gasteiger partial charge in [0.1, 0.15) is 0 Å². The topological polar surface area (TPSA) is 45.6 Å². The summed E-state index contributed by atoms with van der Waals surface area (Å²) in [5.74, 6) is 2.21. The SMILES string of the molecule is CCOC1CC(NC(=NC)NCCCCSC)C12CCC2. The van der Waals surface area contributed by atoms with Gasteiger partial charge in [-0.25, -0.2) is 0 Å². The first-order chi connectivity index (χ1) is 10.3. The zero-order valence-corrected chi connectivity index (χ0v) is 14.6. The number of hydrogen-bond donors (Lipinski definition) is 2. The molecule has 2 aliphatic carbocycles. The van der Waals surface area contributed by atoms with Crippen molar-refractivity contribution in [2.45, 2.75) is 57.6 Å². The molecule has 0 aromatic rings. The van der Waals surface area contributed by atoms with Gasteiger partial charge in [-0.05, 0) is 51.0 Å². The van der Waals surface area contributed by atoms with Gasteiger partial charge in [-0.1, -0.05) is 6.42 Å². The molecule has 0 amide bonds. The van der Waals surface area contributed by atoms with Crippen molar-refractivity contribution in [2.75, 3.05) is 32.2 Å². The Morgan fingerprint density at radius 3 is 2.76 bits per heavy atom. The summed E-state index contributed by atoms with van der Waals surface area (Å²) in [4.78, 5) is 4.37. The molecule has 1 spiro atoms. The second-order valence-electron chi connectivity index (χ2n) is 6.16. The first-order valence-electron chi connectivity index (χ1n) is 8.34. The van der Waals surface area contributed by atoms with Crippen LogP contribution in [0.3, 0.4) is 0 Å². The number of nitrogens with one attached hydrogen (secondary N) is 2. The first-order valence-corrected chi connectivity index (χ1v) is 9.74. The molecule has 2 fully saturated rings. The van der Waals surface area contributed by atoms with E-state index in [1.54, 1.807) is 0 Å². The molecule has 21 heavy (non-hydrogen) atoms. The monoisotopic (exact) mass is 313 g/mol. The molecule has 2 N–H and O–H groups in total. The van der Waals surface area contributed by atoms with Crippen LogP contribution in [0.1, 0.15) is 45.4 Å². The average Bonchev–Trinajstić information content (AvgIpc) is 2.42. The van der Waals surface area contributed by atoms with E-state index in [4.69, 9.17) is 4.74 Å². The maximum absolute atomic E-state index is 5.90. The summed E-state index contributed by atoms with van der Waals surface area (Å²) in [5, 5.41) is 7.08. The molecule has 2 atom stereocenters. The van der Waals surface area contributed by atoms with Crippen molar-refractivity contribution in [2.24, 2.45) is 10.4 Å². The Bertz CT molecular complexity index is 344. The molecular formula is C16H31N3OS. The van der Waals surface area contributed by atoms with E-state index in [9.17, 15) is 0 Å². The smallest absolute Gasteiger partial charge is 0.191 e. The zero-order chi connectivity index (χ0) is 15.1. The normalized spacial score (nSPS) is 27.1. The van der Waals surface area contributed by atoms with Crippen molar-refractivity contribution < 1.29 is 4.74 Å². The quantitative estimate of drug-likeness (QED) is 0.411. The Labute approximate surface area is 133 Å². The van der Waals surface area contributed by atoms with Crippen LogP contribution in [0.2, 0.25) is 0 Å². The van der Waals surface area contributed by atoms with E-state index in [-0.39, 0.29) is 0 Å². The van der Waals surface area contributed by atoms with Gasteiger partial charge >= 0.3 is 0 Å². The molecule has 2 rings (SSSR count). The molecule has 0 bridgehead atoms. The van der Waals surface area contributed by atoms with Crippen LogP contribution < -0.4 is 10.6 Å². The summed E-state index contributed by atoms with van der Waals surface area (Å²) >= 11 is 1.92. The predicted octanol–water partition coefficient (Wildman–Crippen LogP) is 2.64. The molecule has 0 saturated heterocycles. The van der Waals surface area contributed by atoms with Gasteiger partial charge in [0.15, 0.2) is 5.96 Å². The third kappa shape index (κ3) is 3.86. The first kappa shape index (κ1) is 16.9. The number of guanidine groups is 1. The highest BCUT2D eigenvalue weighted by atomic mass is 32.2. The minimum atomic E-state index is 0.395. The van der Waals surface area contributed by atoms with Crippen LogP contribution in [-0.4, -0.2) is 50.3 Å². The van der Waals surface area contributed by atoms with Crippen molar-refractivity contribution in [3.05, 3.63) is 0 Å². The van der Waals surface area contributed by atoms with Crippen molar-refractivity contribution in [1.82, 2.24) is 10.6 Å². The molecule has 4 nitrogen and oxygen atoms in total. The number of unbranched alkanes of at least 4 members (excludes halogenated alkanes) is 1. The van der Waals surface area contributed by atoms with Crippen LogP contribution >= 0.6 is 11.8 Å². The molecular weight excluding hydrogens is 282 g/mol. The molecule has 2 saturated carbocycles. The van der Waals surface area contributed by atoms with E-state index in [1.165, 1.54) is 37.9 Å². The maximum Gasteiger partial charge on any atom is 0.191 e. The second kappa shape index (κ2) is 8.28. The van der Waals surface area contributed by atoms with E-state index < -0.39 is 0 Å². The molecule has 2 unspecified atom stereocenters. The van der Waals surface area contributed by atoms with Gasteiger partial charge in [0, 0.05) is 31.7 Å². The minimum absolute atomic E-state index is 0.395. The van der Waals surface area contributed by atoms with Crippen LogP contribution in [0.15, 0.2) is 4.99 Å². The van der Waals surface area contributed by atoms with Gasteiger partial charge in [0.25, 0.3) is 0 Å². The molecule has 2 aliphatic rings. The number of rotatable bonds is 8. The number of hydrogen-bond acceptors (Lipinski definition) is 3.